The number of fused-ring (bicyclic) bond motifs is 1. The van der Waals surface area contributed by atoms with Crippen molar-refractivity contribution in [1.29, 1.82) is 0 Å². The molecule has 0 spiro atoms. The summed E-state index contributed by atoms with van der Waals surface area (Å²) in [5.41, 5.74) is 3.34. The van der Waals surface area contributed by atoms with Crippen LogP contribution >= 0.6 is 11.3 Å². The predicted molar refractivity (Wildman–Crippen MR) is 100 cm³/mol. The van der Waals surface area contributed by atoms with E-state index in [1.165, 1.54) is 16.0 Å². The fraction of sp³-hybridized carbons (Fsp3) is 0.263. The van der Waals surface area contributed by atoms with E-state index in [1.807, 2.05) is 30.3 Å². The van der Waals surface area contributed by atoms with Gasteiger partial charge in [-0.2, -0.15) is 5.10 Å². The van der Waals surface area contributed by atoms with Crippen molar-refractivity contribution in [1.82, 2.24) is 20.1 Å². The molecule has 0 unspecified atom stereocenters. The molecule has 1 amide bonds. The van der Waals surface area contributed by atoms with Crippen LogP contribution in [0, 0.1) is 0 Å². The van der Waals surface area contributed by atoms with Crippen LogP contribution in [0.4, 0.5) is 0 Å². The second kappa shape index (κ2) is 7.21. The Balaban J connectivity index is 1.38. The van der Waals surface area contributed by atoms with Crippen molar-refractivity contribution in [3.05, 3.63) is 69.1 Å². The molecule has 0 aliphatic heterocycles. The molecule has 1 aromatic carbocycles. The van der Waals surface area contributed by atoms with Crippen LogP contribution in [-0.2, 0) is 19.4 Å². The van der Waals surface area contributed by atoms with E-state index in [9.17, 15) is 9.59 Å². The van der Waals surface area contributed by atoms with Gasteiger partial charge in [-0.1, -0.05) is 30.3 Å². The van der Waals surface area contributed by atoms with E-state index in [4.69, 9.17) is 0 Å². The lowest BCUT2D eigenvalue weighted by Gasteiger charge is -2.07. The number of thiazole rings is 1. The van der Waals surface area contributed by atoms with E-state index in [-0.39, 0.29) is 11.5 Å². The average molecular weight is 366 g/mol. The minimum Gasteiger partial charge on any atom is -0.349 e. The SMILES string of the molecule is O=C(NCCn1nc2c(cc1=O)CCC2)c1csc(-c2ccccc2)n1. The fourth-order valence-corrected chi connectivity index (χ4v) is 3.86. The van der Waals surface area contributed by atoms with Gasteiger partial charge in [0, 0.05) is 23.6 Å². The number of aromatic nitrogens is 3. The Hall–Kier alpha value is -2.80. The molecule has 0 fully saturated rings. The maximum Gasteiger partial charge on any atom is 0.270 e. The van der Waals surface area contributed by atoms with Crippen molar-refractivity contribution < 1.29 is 4.79 Å². The maximum absolute atomic E-state index is 12.3. The molecule has 1 N–H and O–H groups in total. The van der Waals surface area contributed by atoms with Crippen LogP contribution in [0.1, 0.15) is 28.2 Å². The molecule has 132 valence electrons. The minimum atomic E-state index is -0.238. The number of carbonyl (C=O) groups is 1. The van der Waals surface area contributed by atoms with Crippen molar-refractivity contribution in [3.63, 3.8) is 0 Å². The van der Waals surface area contributed by atoms with E-state index in [2.05, 4.69) is 15.4 Å². The van der Waals surface area contributed by atoms with Gasteiger partial charge in [0.2, 0.25) is 0 Å². The summed E-state index contributed by atoms with van der Waals surface area (Å²) in [6.07, 6.45) is 2.90. The molecule has 0 bridgehead atoms. The molecule has 0 saturated heterocycles. The van der Waals surface area contributed by atoms with Gasteiger partial charge in [0.05, 0.1) is 12.2 Å². The summed E-state index contributed by atoms with van der Waals surface area (Å²) >= 11 is 1.44. The van der Waals surface area contributed by atoms with Gasteiger partial charge in [0.15, 0.2) is 0 Å². The van der Waals surface area contributed by atoms with Gasteiger partial charge in [-0.15, -0.1) is 11.3 Å². The Morgan fingerprint density at radius 3 is 2.92 bits per heavy atom. The largest absolute Gasteiger partial charge is 0.349 e. The fourth-order valence-electron chi connectivity index (χ4n) is 3.06. The van der Waals surface area contributed by atoms with Gasteiger partial charge in [-0.25, -0.2) is 9.67 Å². The third kappa shape index (κ3) is 3.43. The van der Waals surface area contributed by atoms with Crippen LogP contribution in [0.25, 0.3) is 10.6 Å². The monoisotopic (exact) mass is 366 g/mol. The number of benzene rings is 1. The summed E-state index contributed by atoms with van der Waals surface area (Å²) in [5.74, 6) is -0.238. The van der Waals surface area contributed by atoms with Gasteiger partial charge in [0.25, 0.3) is 11.5 Å². The minimum absolute atomic E-state index is 0.111. The van der Waals surface area contributed by atoms with Gasteiger partial charge in [-0.3, -0.25) is 9.59 Å². The number of aryl methyl sites for hydroxylation is 2. The third-order valence-corrected chi connectivity index (χ3v) is 5.28. The number of hydrogen-bond donors (Lipinski definition) is 1. The van der Waals surface area contributed by atoms with E-state index >= 15 is 0 Å². The van der Waals surface area contributed by atoms with Gasteiger partial charge < -0.3 is 5.32 Å². The molecule has 7 heteroatoms. The van der Waals surface area contributed by atoms with E-state index in [0.29, 0.717) is 18.8 Å². The third-order valence-electron chi connectivity index (χ3n) is 4.39. The standard InChI is InChI=1S/C19H18N4O2S/c24-17-11-14-7-4-8-15(14)22-23(17)10-9-20-18(25)16-12-26-19(21-16)13-5-2-1-3-6-13/h1-3,5-6,11-12H,4,7-10H2,(H,20,25). The molecule has 0 atom stereocenters. The molecular formula is C19H18N4O2S. The number of hydrogen-bond acceptors (Lipinski definition) is 5. The van der Waals surface area contributed by atoms with Gasteiger partial charge in [0.1, 0.15) is 10.7 Å². The van der Waals surface area contributed by atoms with Gasteiger partial charge in [-0.05, 0) is 24.8 Å². The second-order valence-electron chi connectivity index (χ2n) is 6.19. The van der Waals surface area contributed by atoms with Crippen LogP contribution in [0.15, 0.2) is 46.6 Å². The van der Waals surface area contributed by atoms with Crippen molar-refractivity contribution >= 4 is 17.2 Å². The van der Waals surface area contributed by atoms with Crippen molar-refractivity contribution in [2.45, 2.75) is 25.8 Å². The quantitative estimate of drug-likeness (QED) is 0.752. The first-order chi connectivity index (χ1) is 12.7. The van der Waals surface area contributed by atoms with Crippen molar-refractivity contribution in [3.8, 4) is 10.6 Å². The number of carbonyl (C=O) groups excluding carboxylic acids is 1. The molecule has 2 aromatic heterocycles. The Morgan fingerprint density at radius 2 is 2.08 bits per heavy atom. The van der Waals surface area contributed by atoms with Gasteiger partial charge >= 0.3 is 0 Å². The number of nitrogens with zero attached hydrogens (tertiary/aromatic N) is 3. The molecule has 6 nitrogen and oxygen atoms in total. The Kier molecular flexibility index (Phi) is 4.62. The zero-order valence-electron chi connectivity index (χ0n) is 14.1. The molecule has 3 aromatic rings. The molecular weight excluding hydrogens is 348 g/mol. The Bertz CT molecular complexity index is 994. The van der Waals surface area contributed by atoms with Crippen LogP contribution in [0.3, 0.4) is 0 Å². The molecule has 2 heterocycles. The summed E-state index contributed by atoms with van der Waals surface area (Å²) in [6, 6.07) is 11.4. The number of nitrogens with one attached hydrogen (secondary N) is 1. The average Bonchev–Trinajstić information content (AvgIpc) is 3.31. The van der Waals surface area contributed by atoms with Crippen LogP contribution in [-0.4, -0.2) is 27.2 Å². The van der Waals surface area contributed by atoms with Crippen molar-refractivity contribution in [2.24, 2.45) is 0 Å². The highest BCUT2D eigenvalue weighted by molar-refractivity contribution is 7.13. The topological polar surface area (TPSA) is 76.9 Å². The highest BCUT2D eigenvalue weighted by Gasteiger charge is 2.15. The molecule has 0 saturated carbocycles. The highest BCUT2D eigenvalue weighted by atomic mass is 32.1. The maximum atomic E-state index is 12.3. The predicted octanol–water partition coefficient (Wildman–Crippen LogP) is 2.29. The summed E-state index contributed by atoms with van der Waals surface area (Å²) < 4.78 is 1.43. The summed E-state index contributed by atoms with van der Waals surface area (Å²) in [7, 11) is 0. The zero-order valence-corrected chi connectivity index (χ0v) is 15.0. The molecule has 26 heavy (non-hydrogen) atoms. The molecule has 1 aliphatic rings. The van der Waals surface area contributed by atoms with E-state index in [1.54, 1.807) is 11.4 Å². The zero-order chi connectivity index (χ0) is 17.9. The highest BCUT2D eigenvalue weighted by Crippen LogP contribution is 2.23. The van der Waals surface area contributed by atoms with Crippen molar-refractivity contribution in [2.75, 3.05) is 6.54 Å². The van der Waals surface area contributed by atoms with Crippen LogP contribution in [0.5, 0.6) is 0 Å². The summed E-state index contributed by atoms with van der Waals surface area (Å²) in [6.45, 7) is 0.691. The summed E-state index contributed by atoms with van der Waals surface area (Å²) in [5, 5.41) is 9.78. The molecule has 1 aliphatic carbocycles. The normalized spacial score (nSPS) is 12.8. The number of amides is 1. The second-order valence-corrected chi connectivity index (χ2v) is 7.05. The van der Waals surface area contributed by atoms with E-state index < -0.39 is 0 Å². The lowest BCUT2D eigenvalue weighted by molar-refractivity contribution is 0.0947. The first-order valence-corrected chi connectivity index (χ1v) is 9.48. The number of rotatable bonds is 5. The lowest BCUT2D eigenvalue weighted by Crippen LogP contribution is -2.32. The first-order valence-electron chi connectivity index (χ1n) is 8.60. The van der Waals surface area contributed by atoms with E-state index in [0.717, 1.165) is 41.1 Å². The Morgan fingerprint density at radius 1 is 1.23 bits per heavy atom. The van der Waals surface area contributed by atoms with Crippen LogP contribution in [0.2, 0.25) is 0 Å². The summed E-state index contributed by atoms with van der Waals surface area (Å²) in [4.78, 5) is 28.7. The van der Waals surface area contributed by atoms with Crippen LogP contribution < -0.4 is 10.9 Å². The molecule has 0 radical (unpaired) electrons. The Labute approximate surface area is 154 Å². The smallest absolute Gasteiger partial charge is 0.270 e. The molecule has 4 rings (SSSR count). The lowest BCUT2D eigenvalue weighted by atomic mass is 10.2. The first kappa shape index (κ1) is 16.7.